The van der Waals surface area contributed by atoms with Crippen LogP contribution in [0.2, 0.25) is 0 Å². The number of hydrogen-bond donors (Lipinski definition) is 3. The molecule has 0 bridgehead atoms. The van der Waals surface area contributed by atoms with Crippen molar-refractivity contribution in [1.82, 2.24) is 10.3 Å². The predicted octanol–water partition coefficient (Wildman–Crippen LogP) is 2.27. The summed E-state index contributed by atoms with van der Waals surface area (Å²) in [5.74, 6) is -0.526. The molecule has 1 atom stereocenters. The maximum absolute atomic E-state index is 12.4. The Bertz CT molecular complexity index is 539. The van der Waals surface area contributed by atoms with Gasteiger partial charge < -0.3 is 26.5 Å². The van der Waals surface area contributed by atoms with E-state index in [2.05, 4.69) is 15.6 Å². The van der Waals surface area contributed by atoms with E-state index in [1.165, 1.54) is 17.5 Å². The second kappa shape index (κ2) is 8.47. The maximum atomic E-state index is 12.4. The van der Waals surface area contributed by atoms with Gasteiger partial charge in [0.25, 0.3) is 0 Å². The second-order valence-electron chi connectivity index (χ2n) is 5.81. The number of amides is 1. The van der Waals surface area contributed by atoms with Crippen molar-refractivity contribution in [1.29, 1.82) is 5.41 Å². The van der Waals surface area contributed by atoms with Crippen molar-refractivity contribution >= 4 is 29.2 Å². The molecule has 1 rings (SSSR count). The van der Waals surface area contributed by atoms with Crippen molar-refractivity contribution < 1.29 is 14.3 Å². The van der Waals surface area contributed by atoms with Gasteiger partial charge in [0.2, 0.25) is 5.78 Å². The number of aromatic nitrogens is 1. The maximum Gasteiger partial charge on any atom is 0.408 e. The van der Waals surface area contributed by atoms with Gasteiger partial charge in [0.1, 0.15) is 5.60 Å². The van der Waals surface area contributed by atoms with Gasteiger partial charge in [0.05, 0.1) is 6.04 Å². The first-order valence-electron chi connectivity index (χ1n) is 7.14. The number of nitrogens with one attached hydrogen (secondary N) is 2. The molecule has 0 fully saturated rings. The third-order valence-electron chi connectivity index (χ3n) is 2.58. The molecule has 0 aliphatic heterocycles. The van der Waals surface area contributed by atoms with E-state index in [-0.39, 0.29) is 11.7 Å². The molecule has 0 saturated carbocycles. The van der Waals surface area contributed by atoms with E-state index in [1.807, 2.05) is 0 Å². The van der Waals surface area contributed by atoms with E-state index in [4.69, 9.17) is 15.9 Å². The smallest absolute Gasteiger partial charge is 0.408 e. The number of thiazole rings is 1. The van der Waals surface area contributed by atoms with Gasteiger partial charge in [-0.15, -0.1) is 11.3 Å². The fraction of sp³-hybridized carbons (Fsp3) is 0.571. The number of Topliss-reactive ketones (excluding diaryl/α,β-unsaturated/α-hetero) is 1. The minimum Gasteiger partial charge on any atom is -0.454 e. The summed E-state index contributed by atoms with van der Waals surface area (Å²) in [6.07, 6.45) is 1.73. The Hall–Kier alpha value is -2.16. The SMILES string of the molecule is CC(C)(C)OC(=O)N[C@@H](CCC[N-]C(=N)N)C(=O)c1nccs1. The van der Waals surface area contributed by atoms with E-state index >= 15 is 0 Å². The van der Waals surface area contributed by atoms with Crippen LogP contribution in [-0.2, 0) is 4.74 Å². The van der Waals surface area contributed by atoms with Crippen molar-refractivity contribution in [2.75, 3.05) is 6.54 Å². The minimum absolute atomic E-state index is 0.257. The van der Waals surface area contributed by atoms with E-state index in [1.54, 1.807) is 26.2 Å². The van der Waals surface area contributed by atoms with Gasteiger partial charge in [-0.05, 0) is 46.1 Å². The molecule has 1 amide bonds. The quantitative estimate of drug-likeness (QED) is 0.303. The number of hydrogen-bond acceptors (Lipinski definition) is 6. The summed E-state index contributed by atoms with van der Waals surface area (Å²) in [6, 6.07) is -0.752. The van der Waals surface area contributed by atoms with Gasteiger partial charge in [0.15, 0.2) is 5.01 Å². The zero-order valence-electron chi connectivity index (χ0n) is 13.5. The van der Waals surface area contributed by atoms with Crippen LogP contribution in [0.15, 0.2) is 11.6 Å². The molecule has 23 heavy (non-hydrogen) atoms. The Morgan fingerprint density at radius 2 is 2.22 bits per heavy atom. The Morgan fingerprint density at radius 1 is 1.52 bits per heavy atom. The molecule has 0 radical (unpaired) electrons. The average molecular weight is 340 g/mol. The molecule has 0 aliphatic rings. The van der Waals surface area contributed by atoms with Crippen LogP contribution in [0.25, 0.3) is 5.32 Å². The van der Waals surface area contributed by atoms with Crippen LogP contribution < -0.4 is 11.1 Å². The Morgan fingerprint density at radius 3 is 2.74 bits per heavy atom. The molecule has 0 spiro atoms. The molecule has 1 aromatic rings. The highest BCUT2D eigenvalue weighted by molar-refractivity contribution is 7.11. The van der Waals surface area contributed by atoms with Gasteiger partial charge in [-0.2, -0.15) is 0 Å². The number of ether oxygens (including phenoxy) is 1. The average Bonchev–Trinajstić information content (AvgIpc) is 2.93. The second-order valence-corrected chi connectivity index (χ2v) is 6.70. The normalized spacial score (nSPS) is 12.3. The number of rotatable bonds is 7. The molecular formula is C14H22N5O3S-. The number of carbonyl (C=O) groups excluding carboxylic acids is 2. The van der Waals surface area contributed by atoms with Gasteiger partial charge in [-0.1, -0.05) is 0 Å². The van der Waals surface area contributed by atoms with Gasteiger partial charge >= 0.3 is 6.09 Å². The monoisotopic (exact) mass is 340 g/mol. The molecule has 1 aromatic heterocycles. The fourth-order valence-corrected chi connectivity index (χ4v) is 2.34. The molecule has 9 heteroatoms. The molecule has 128 valence electrons. The summed E-state index contributed by atoms with van der Waals surface area (Å²) in [5, 5.41) is 15.4. The standard InChI is InChI=1S/C14H23N5O3S/c1-14(2,3)22-13(21)19-9(5-4-6-18-12(15)16)10(20)11-17-7-8-23-11/h7-9H,4-6H2,1-3H3,(H5,15,16,18,19,21)/p-1/t9-/m0/s1. The van der Waals surface area contributed by atoms with Gasteiger partial charge in [0, 0.05) is 11.6 Å². The highest BCUT2D eigenvalue weighted by Gasteiger charge is 2.26. The lowest BCUT2D eigenvalue weighted by Gasteiger charge is -2.23. The molecule has 1 heterocycles. The number of nitrogens with zero attached hydrogens (tertiary/aromatic N) is 2. The van der Waals surface area contributed by atoms with E-state index < -0.39 is 17.7 Å². The van der Waals surface area contributed by atoms with Crippen LogP contribution >= 0.6 is 11.3 Å². The van der Waals surface area contributed by atoms with Crippen molar-refractivity contribution in [3.63, 3.8) is 0 Å². The lowest BCUT2D eigenvalue weighted by atomic mass is 10.1. The molecule has 0 aromatic carbocycles. The Balaban J connectivity index is 2.66. The lowest BCUT2D eigenvalue weighted by molar-refractivity contribution is 0.0488. The minimum atomic E-state index is -0.752. The first-order valence-corrected chi connectivity index (χ1v) is 8.02. The Labute approximate surface area is 139 Å². The third kappa shape index (κ3) is 7.59. The van der Waals surface area contributed by atoms with Crippen LogP contribution in [0, 0.1) is 5.41 Å². The zero-order valence-corrected chi connectivity index (χ0v) is 14.3. The van der Waals surface area contributed by atoms with Crippen LogP contribution in [0.5, 0.6) is 0 Å². The lowest BCUT2D eigenvalue weighted by Crippen LogP contribution is -2.43. The fourth-order valence-electron chi connectivity index (χ4n) is 1.71. The summed E-state index contributed by atoms with van der Waals surface area (Å²) < 4.78 is 5.18. The highest BCUT2D eigenvalue weighted by atomic mass is 32.1. The first-order chi connectivity index (χ1) is 10.7. The number of guanidine groups is 1. The van der Waals surface area contributed by atoms with Crippen LogP contribution in [0.1, 0.15) is 43.4 Å². The van der Waals surface area contributed by atoms with Crippen molar-refractivity contribution in [3.05, 3.63) is 21.9 Å². The summed E-state index contributed by atoms with van der Waals surface area (Å²) in [5.41, 5.74) is 4.50. The van der Waals surface area contributed by atoms with E-state index in [0.29, 0.717) is 24.4 Å². The molecule has 0 unspecified atom stereocenters. The third-order valence-corrected chi connectivity index (χ3v) is 3.37. The van der Waals surface area contributed by atoms with Gasteiger partial charge in [-0.25, -0.2) is 9.78 Å². The molecule has 4 N–H and O–H groups in total. The van der Waals surface area contributed by atoms with Crippen LogP contribution in [0.4, 0.5) is 4.79 Å². The topological polar surface area (TPSA) is 132 Å². The molecule has 0 saturated heterocycles. The van der Waals surface area contributed by atoms with E-state index in [9.17, 15) is 9.59 Å². The zero-order chi connectivity index (χ0) is 17.5. The van der Waals surface area contributed by atoms with Gasteiger partial charge in [-0.3, -0.25) is 4.79 Å². The molecule has 8 nitrogen and oxygen atoms in total. The summed E-state index contributed by atoms with van der Waals surface area (Å²) in [7, 11) is 0. The predicted molar refractivity (Wildman–Crippen MR) is 89.0 cm³/mol. The summed E-state index contributed by atoms with van der Waals surface area (Å²) >= 11 is 1.21. The largest absolute Gasteiger partial charge is 0.454 e. The summed E-state index contributed by atoms with van der Waals surface area (Å²) in [6.45, 7) is 5.55. The number of alkyl carbamates (subject to hydrolysis) is 1. The number of ketones is 1. The highest BCUT2D eigenvalue weighted by Crippen LogP contribution is 2.13. The van der Waals surface area contributed by atoms with Crippen molar-refractivity contribution in [2.45, 2.75) is 45.3 Å². The van der Waals surface area contributed by atoms with Crippen molar-refractivity contribution in [2.24, 2.45) is 5.73 Å². The van der Waals surface area contributed by atoms with E-state index in [0.717, 1.165) is 0 Å². The van der Waals surface area contributed by atoms with Crippen LogP contribution in [-0.4, -0.2) is 41.0 Å². The van der Waals surface area contributed by atoms with Crippen molar-refractivity contribution in [3.8, 4) is 0 Å². The Kier molecular flexibility index (Phi) is 6.95. The summed E-state index contributed by atoms with van der Waals surface area (Å²) in [4.78, 5) is 28.3. The van der Waals surface area contributed by atoms with Crippen LogP contribution in [0.3, 0.4) is 0 Å². The molecule has 0 aliphatic carbocycles. The number of carbonyl (C=O) groups is 2. The molecular weight excluding hydrogens is 318 g/mol. The first kappa shape index (κ1) is 18.9. The number of nitrogens with two attached hydrogens (primary N) is 1.